The highest BCUT2D eigenvalue weighted by Gasteiger charge is 2.40. The van der Waals surface area contributed by atoms with E-state index in [9.17, 15) is 26.3 Å². The molecule has 2 heterocycles. The van der Waals surface area contributed by atoms with Crippen LogP contribution in [0.15, 0.2) is 30.5 Å². The van der Waals surface area contributed by atoms with Crippen LogP contribution in [0.4, 0.5) is 26.3 Å². The zero-order valence-electron chi connectivity index (χ0n) is 9.93. The summed E-state index contributed by atoms with van der Waals surface area (Å²) in [5.74, 6) is 0. The quantitative estimate of drug-likeness (QED) is 0.554. The van der Waals surface area contributed by atoms with E-state index in [1.807, 2.05) is 0 Å². The van der Waals surface area contributed by atoms with E-state index in [1.165, 1.54) is 6.07 Å². The summed E-state index contributed by atoms with van der Waals surface area (Å²) < 4.78 is 76.3. The molecule has 0 fully saturated rings. The fraction of sp³-hybridized carbons (Fsp3) is 0.167. The molecule has 0 spiro atoms. The van der Waals surface area contributed by atoms with Gasteiger partial charge in [0.15, 0.2) is 5.69 Å². The summed E-state index contributed by atoms with van der Waals surface area (Å²) >= 11 is 5.57. The van der Waals surface area contributed by atoms with Crippen molar-refractivity contribution in [1.29, 1.82) is 0 Å². The van der Waals surface area contributed by atoms with Crippen molar-refractivity contribution in [3.8, 4) is 11.1 Å². The van der Waals surface area contributed by atoms with E-state index in [-0.39, 0.29) is 10.7 Å². The Bertz CT molecular complexity index is 666. The second-order valence-corrected chi connectivity index (χ2v) is 4.34. The molecule has 0 saturated carbocycles. The molecule has 0 N–H and O–H groups in total. The third-order valence-electron chi connectivity index (χ3n) is 2.49. The van der Waals surface area contributed by atoms with Crippen LogP contribution in [0.2, 0.25) is 5.15 Å². The van der Waals surface area contributed by atoms with Crippen molar-refractivity contribution < 1.29 is 26.3 Å². The van der Waals surface area contributed by atoms with Gasteiger partial charge in [-0.25, -0.2) is 9.97 Å². The predicted octanol–water partition coefficient (Wildman–Crippen LogP) is 4.83. The molecular weight excluding hydrogens is 322 g/mol. The van der Waals surface area contributed by atoms with Crippen molar-refractivity contribution in [1.82, 2.24) is 9.97 Å². The Labute approximate surface area is 119 Å². The van der Waals surface area contributed by atoms with Gasteiger partial charge in [-0.2, -0.15) is 26.3 Å². The van der Waals surface area contributed by atoms with Gasteiger partial charge in [0.1, 0.15) is 10.8 Å². The van der Waals surface area contributed by atoms with Crippen molar-refractivity contribution in [3.05, 3.63) is 47.0 Å². The van der Waals surface area contributed by atoms with E-state index in [0.29, 0.717) is 12.1 Å². The Morgan fingerprint density at radius 2 is 1.57 bits per heavy atom. The molecule has 0 aromatic carbocycles. The Hall–Kier alpha value is -1.83. The summed E-state index contributed by atoms with van der Waals surface area (Å²) in [5.41, 5.74) is -3.76. The highest BCUT2D eigenvalue weighted by Crippen LogP contribution is 2.38. The second-order valence-electron chi connectivity index (χ2n) is 3.96. The number of hydrogen-bond donors (Lipinski definition) is 0. The largest absolute Gasteiger partial charge is 0.433 e. The molecule has 21 heavy (non-hydrogen) atoms. The van der Waals surface area contributed by atoms with E-state index >= 15 is 0 Å². The SMILES string of the molecule is FC(F)(F)c1ccc(-c2ccnc(Cl)c2)c(C(F)(F)F)n1. The maximum Gasteiger partial charge on any atom is 0.433 e. The number of alkyl halides is 6. The minimum atomic E-state index is -5.04. The fourth-order valence-corrected chi connectivity index (χ4v) is 1.81. The van der Waals surface area contributed by atoms with Crippen LogP contribution in [0.1, 0.15) is 11.4 Å². The lowest BCUT2D eigenvalue weighted by molar-refractivity contribution is -0.149. The number of pyridine rings is 2. The molecule has 0 bridgehead atoms. The average Bonchev–Trinajstić information content (AvgIpc) is 2.36. The van der Waals surface area contributed by atoms with E-state index in [4.69, 9.17) is 11.6 Å². The molecule has 2 aromatic heterocycles. The van der Waals surface area contributed by atoms with Crippen molar-refractivity contribution >= 4 is 11.6 Å². The summed E-state index contributed by atoms with van der Waals surface area (Å²) in [6.07, 6.45) is -8.85. The Balaban J connectivity index is 2.67. The highest BCUT2D eigenvalue weighted by atomic mass is 35.5. The molecular formula is C12H5ClF6N2. The average molecular weight is 327 g/mol. The van der Waals surface area contributed by atoms with Gasteiger partial charge in [-0.1, -0.05) is 17.7 Å². The van der Waals surface area contributed by atoms with Gasteiger partial charge in [0.05, 0.1) is 0 Å². The van der Waals surface area contributed by atoms with Gasteiger partial charge < -0.3 is 0 Å². The smallest absolute Gasteiger partial charge is 0.245 e. The lowest BCUT2D eigenvalue weighted by Gasteiger charge is -2.14. The number of halogens is 7. The molecule has 0 saturated heterocycles. The number of nitrogens with zero attached hydrogens (tertiary/aromatic N) is 2. The minimum absolute atomic E-state index is 0.0245. The maximum absolute atomic E-state index is 12.9. The van der Waals surface area contributed by atoms with Crippen molar-refractivity contribution in [2.24, 2.45) is 0 Å². The van der Waals surface area contributed by atoms with E-state index in [2.05, 4.69) is 9.97 Å². The number of aromatic nitrogens is 2. The van der Waals surface area contributed by atoms with Crippen LogP contribution in [-0.2, 0) is 12.4 Å². The molecule has 0 aliphatic rings. The molecule has 0 aliphatic heterocycles. The number of hydrogen-bond acceptors (Lipinski definition) is 2. The van der Waals surface area contributed by atoms with Crippen LogP contribution in [-0.4, -0.2) is 9.97 Å². The summed E-state index contributed by atoms with van der Waals surface area (Å²) in [4.78, 5) is 6.31. The van der Waals surface area contributed by atoms with Crippen LogP contribution < -0.4 is 0 Å². The zero-order valence-corrected chi connectivity index (χ0v) is 10.7. The first-order valence-electron chi connectivity index (χ1n) is 5.36. The fourth-order valence-electron chi connectivity index (χ4n) is 1.64. The van der Waals surface area contributed by atoms with Gasteiger partial charge in [0.25, 0.3) is 0 Å². The Morgan fingerprint density at radius 1 is 0.905 bits per heavy atom. The van der Waals surface area contributed by atoms with Crippen LogP contribution in [0, 0.1) is 0 Å². The normalized spacial score (nSPS) is 12.5. The molecule has 0 atom stereocenters. The summed E-state index contributed by atoms with van der Waals surface area (Å²) in [6.45, 7) is 0. The predicted molar refractivity (Wildman–Crippen MR) is 62.5 cm³/mol. The van der Waals surface area contributed by atoms with Gasteiger partial charge in [0.2, 0.25) is 0 Å². The van der Waals surface area contributed by atoms with E-state index in [1.54, 1.807) is 0 Å². The molecule has 0 unspecified atom stereocenters. The standard InChI is InChI=1S/C12H5ClF6N2/c13-9-5-6(3-4-20-9)7-1-2-8(11(14,15)16)21-10(7)12(17,18)19/h1-5H. The third kappa shape index (κ3) is 3.44. The van der Waals surface area contributed by atoms with Crippen LogP contribution in [0.5, 0.6) is 0 Å². The number of rotatable bonds is 1. The zero-order chi connectivity index (χ0) is 15.8. The van der Waals surface area contributed by atoms with Gasteiger partial charge in [-0.15, -0.1) is 0 Å². The molecule has 0 amide bonds. The first-order valence-corrected chi connectivity index (χ1v) is 5.74. The lowest BCUT2D eigenvalue weighted by atomic mass is 10.0. The Morgan fingerprint density at radius 3 is 2.10 bits per heavy atom. The monoisotopic (exact) mass is 326 g/mol. The van der Waals surface area contributed by atoms with Gasteiger partial charge in [0, 0.05) is 11.8 Å². The minimum Gasteiger partial charge on any atom is -0.245 e. The third-order valence-corrected chi connectivity index (χ3v) is 2.70. The Kier molecular flexibility index (Phi) is 3.83. The maximum atomic E-state index is 12.9. The van der Waals surface area contributed by atoms with Crippen molar-refractivity contribution in [2.75, 3.05) is 0 Å². The second kappa shape index (κ2) is 5.18. The summed E-state index contributed by atoms with van der Waals surface area (Å²) in [7, 11) is 0. The van der Waals surface area contributed by atoms with Gasteiger partial charge in [-0.05, 0) is 23.8 Å². The van der Waals surface area contributed by atoms with Crippen molar-refractivity contribution in [2.45, 2.75) is 12.4 Å². The molecule has 9 heteroatoms. The molecule has 2 nitrogen and oxygen atoms in total. The molecule has 2 rings (SSSR count). The first-order chi connectivity index (χ1) is 9.59. The van der Waals surface area contributed by atoms with E-state index < -0.39 is 29.3 Å². The van der Waals surface area contributed by atoms with Gasteiger partial charge >= 0.3 is 12.4 Å². The summed E-state index contributed by atoms with van der Waals surface area (Å²) in [6, 6.07) is 3.51. The van der Waals surface area contributed by atoms with Crippen molar-refractivity contribution in [3.63, 3.8) is 0 Å². The topological polar surface area (TPSA) is 25.8 Å². The lowest BCUT2D eigenvalue weighted by Crippen LogP contribution is -2.16. The molecule has 112 valence electrons. The molecule has 0 radical (unpaired) electrons. The summed E-state index contributed by atoms with van der Waals surface area (Å²) in [5, 5.41) is -0.0828. The molecule has 2 aromatic rings. The van der Waals surface area contributed by atoms with Crippen LogP contribution >= 0.6 is 11.6 Å². The van der Waals surface area contributed by atoms with Crippen LogP contribution in [0.3, 0.4) is 0 Å². The van der Waals surface area contributed by atoms with Gasteiger partial charge in [-0.3, -0.25) is 0 Å². The van der Waals surface area contributed by atoms with Crippen LogP contribution in [0.25, 0.3) is 11.1 Å². The highest BCUT2D eigenvalue weighted by molar-refractivity contribution is 6.29. The first kappa shape index (κ1) is 15.6. The molecule has 0 aliphatic carbocycles. The van der Waals surface area contributed by atoms with E-state index in [0.717, 1.165) is 12.3 Å².